The molecule has 0 aliphatic carbocycles. The normalized spacial score (nSPS) is 11.6. The molecule has 0 saturated carbocycles. The van der Waals surface area contributed by atoms with E-state index in [1.807, 2.05) is 11.4 Å². The summed E-state index contributed by atoms with van der Waals surface area (Å²) in [4.78, 5) is 12.2. The Morgan fingerprint density at radius 1 is 0.286 bits per heavy atom. The molecule has 530 valence electrons. The molecule has 0 aromatic heterocycles. The van der Waals surface area contributed by atoms with Crippen LogP contribution < -0.4 is 9.05 Å². The van der Waals surface area contributed by atoms with Gasteiger partial charge in [0, 0.05) is 12.2 Å². The molecule has 0 spiro atoms. The molecule has 4 nitrogen and oxygen atoms in total. The highest BCUT2D eigenvalue weighted by Gasteiger charge is 2.20. The van der Waals surface area contributed by atoms with Crippen LogP contribution in [0.5, 0.6) is 11.5 Å². The van der Waals surface area contributed by atoms with Gasteiger partial charge in [-0.25, -0.2) is 0 Å². The first-order valence-corrected chi connectivity index (χ1v) is 44.0. The number of benzene rings is 2. The summed E-state index contributed by atoms with van der Waals surface area (Å²) in [6.45, 7) is 7.54. The Kier molecular flexibility index (Phi) is 66.7. The lowest BCUT2D eigenvalue weighted by Gasteiger charge is -2.21. The van der Waals surface area contributed by atoms with Gasteiger partial charge in [0.15, 0.2) is 0 Å². The van der Waals surface area contributed by atoms with Crippen molar-refractivity contribution in [3.63, 3.8) is 0 Å². The number of carbonyl (C=O) groups excluding carboxylic acids is 1. The average molecular weight is 1300 g/mol. The maximum atomic E-state index is 12.2. The molecular formula is C85H155O4PS. The molecule has 91 heavy (non-hydrogen) atoms. The molecule has 0 atom stereocenters. The van der Waals surface area contributed by atoms with Crippen LogP contribution in [0.2, 0.25) is 0 Å². The van der Waals surface area contributed by atoms with E-state index < -0.39 is 7.58 Å². The molecule has 0 amide bonds. The van der Waals surface area contributed by atoms with Crippen molar-refractivity contribution in [2.24, 2.45) is 0 Å². The summed E-state index contributed by atoms with van der Waals surface area (Å²) in [5, 5.41) is 0. The second-order valence-electron chi connectivity index (χ2n) is 28.5. The molecular weight excluding hydrogens is 1150 g/mol. The van der Waals surface area contributed by atoms with Crippen molar-refractivity contribution >= 4 is 24.9 Å². The van der Waals surface area contributed by atoms with Gasteiger partial charge in [-0.05, 0) is 79.6 Å². The summed E-state index contributed by atoms with van der Waals surface area (Å²) >= 11 is 1.93. The standard InChI is InChI=1S/C85H155O4PS/c1-4-7-10-13-16-19-22-25-28-33-38-43-48-53-58-63-72-81-74-66-68-76-83(81)88-90(89-84-77-69-67-75-82(84)73-64-59-54-49-44-39-34-29-26-23-20-17-14-11-8-5-2)91-80-71-62-57-52-47-42-37-32-31-35-40-45-50-55-60-65-78-85(86)87-79-70-61-56-51-46-41-36-30-27-24-21-18-15-12-9-6-3/h66-69,74-77H,4-65,70-73,78-80H2,1-3H3. The molecule has 0 aliphatic rings. The fourth-order valence-corrected chi connectivity index (χ4v) is 16.4. The number of ether oxygens (including phenoxy) is 1. The second kappa shape index (κ2) is 71.1. The second-order valence-corrected chi connectivity index (χ2v) is 31.6. The van der Waals surface area contributed by atoms with E-state index in [-0.39, 0.29) is 5.97 Å². The molecule has 0 fully saturated rings. The number of rotatable bonds is 75. The van der Waals surface area contributed by atoms with Gasteiger partial charge in [-0.1, -0.05) is 436 Å². The topological polar surface area (TPSA) is 44.8 Å². The molecule has 0 aliphatic heterocycles. The Hall–Kier alpha value is -1.71. The Morgan fingerprint density at radius 2 is 0.516 bits per heavy atom. The molecule has 0 N–H and O–H groups in total. The van der Waals surface area contributed by atoms with Gasteiger partial charge in [-0.15, -0.1) is 0 Å². The highest BCUT2D eigenvalue weighted by Crippen LogP contribution is 2.53. The minimum Gasteiger partial charge on any atom is -0.466 e. The summed E-state index contributed by atoms with van der Waals surface area (Å²) in [5.41, 5.74) is 2.69. The summed E-state index contributed by atoms with van der Waals surface area (Å²) in [6.07, 6.45) is 90.6. The number of aryl methyl sites for hydroxylation is 2. The van der Waals surface area contributed by atoms with Gasteiger partial charge in [0.1, 0.15) is 11.5 Å². The lowest BCUT2D eigenvalue weighted by atomic mass is 10.0. The first-order valence-electron chi connectivity index (χ1n) is 41.3. The number of hydrogen-bond donors (Lipinski definition) is 0. The van der Waals surface area contributed by atoms with Gasteiger partial charge >= 0.3 is 13.5 Å². The summed E-state index contributed by atoms with van der Waals surface area (Å²) in [6, 6.07) is 17.7. The van der Waals surface area contributed by atoms with Crippen LogP contribution >= 0.6 is 19.0 Å². The lowest BCUT2D eigenvalue weighted by molar-refractivity contribution is -0.143. The van der Waals surface area contributed by atoms with E-state index >= 15 is 0 Å². The maximum absolute atomic E-state index is 12.2. The van der Waals surface area contributed by atoms with Gasteiger partial charge < -0.3 is 13.8 Å². The van der Waals surface area contributed by atoms with E-state index in [0.29, 0.717) is 13.0 Å². The molecule has 6 heteroatoms. The van der Waals surface area contributed by atoms with Crippen LogP contribution in [0.15, 0.2) is 48.5 Å². The van der Waals surface area contributed by atoms with E-state index in [2.05, 4.69) is 69.3 Å². The minimum atomic E-state index is -1.18. The monoisotopic (exact) mass is 1300 g/mol. The van der Waals surface area contributed by atoms with Crippen molar-refractivity contribution in [2.75, 3.05) is 12.4 Å². The summed E-state index contributed by atoms with van der Waals surface area (Å²) in [7, 11) is -1.18. The number of carbonyl (C=O) groups is 1. The maximum Gasteiger partial charge on any atom is 0.360 e. The molecule has 2 rings (SSSR count). The van der Waals surface area contributed by atoms with Crippen molar-refractivity contribution in [3.8, 4) is 11.5 Å². The van der Waals surface area contributed by atoms with E-state index in [0.717, 1.165) is 42.9 Å². The third-order valence-electron chi connectivity index (χ3n) is 19.6. The van der Waals surface area contributed by atoms with Crippen molar-refractivity contribution in [3.05, 3.63) is 59.7 Å². The van der Waals surface area contributed by atoms with Gasteiger partial charge in [0.05, 0.1) is 6.61 Å². The summed E-state index contributed by atoms with van der Waals surface area (Å²) in [5.74, 6) is 3.18. The van der Waals surface area contributed by atoms with Crippen molar-refractivity contribution in [2.45, 2.75) is 451 Å². The van der Waals surface area contributed by atoms with Crippen LogP contribution in [0.1, 0.15) is 449 Å². The van der Waals surface area contributed by atoms with Crippen LogP contribution in [0.25, 0.3) is 0 Å². The van der Waals surface area contributed by atoms with Crippen molar-refractivity contribution in [1.82, 2.24) is 0 Å². The predicted molar refractivity (Wildman–Crippen MR) is 409 cm³/mol. The van der Waals surface area contributed by atoms with Crippen LogP contribution in [0.3, 0.4) is 0 Å². The van der Waals surface area contributed by atoms with E-state index in [9.17, 15) is 4.79 Å². The highest BCUT2D eigenvalue weighted by molar-refractivity contribution is 8.53. The minimum absolute atomic E-state index is 0.0247. The zero-order chi connectivity index (χ0) is 64.7. The van der Waals surface area contributed by atoms with Crippen LogP contribution in [-0.2, 0) is 22.4 Å². The Labute approximate surface area is 574 Å². The van der Waals surface area contributed by atoms with Crippen LogP contribution in [0, 0.1) is 0 Å². The first kappa shape index (κ1) is 85.4. The van der Waals surface area contributed by atoms with Gasteiger partial charge in [-0.3, -0.25) is 4.79 Å². The number of hydrogen-bond acceptors (Lipinski definition) is 5. The zero-order valence-corrected chi connectivity index (χ0v) is 63.1. The molecule has 0 heterocycles. The van der Waals surface area contributed by atoms with Gasteiger partial charge in [0.25, 0.3) is 0 Å². The molecule has 2 aromatic carbocycles. The molecule has 0 radical (unpaired) electrons. The average Bonchev–Trinajstić information content (AvgIpc) is 2.93. The highest BCUT2D eigenvalue weighted by atomic mass is 32.7. The van der Waals surface area contributed by atoms with Gasteiger partial charge in [-0.2, -0.15) is 0 Å². The van der Waals surface area contributed by atoms with Gasteiger partial charge in [0.2, 0.25) is 0 Å². The lowest BCUT2D eigenvalue weighted by Crippen LogP contribution is -2.05. The molecule has 2 aromatic rings. The number of unbranched alkanes of at least 4 members (excludes halogenated alkanes) is 60. The predicted octanol–water partition coefficient (Wildman–Crippen LogP) is 31.1. The van der Waals surface area contributed by atoms with E-state index in [1.165, 1.54) is 409 Å². The molecule has 0 unspecified atom stereocenters. The molecule has 0 bridgehead atoms. The Bertz CT molecular complexity index is 1670. The Balaban J connectivity index is 1.59. The SMILES string of the molecule is CCCCCCCCCCCCCCCCCCOC(=O)CCCCCCCCCCCCCCCCCCSP(Oc1ccccc1CCCCCCCCCCCCCCCCCC)Oc1ccccc1CCCCCCCCCCCCCCCCCC. The third kappa shape index (κ3) is 59.3. The quantitative estimate of drug-likeness (QED) is 0.0375. The van der Waals surface area contributed by atoms with Crippen LogP contribution in [0.4, 0.5) is 0 Å². The zero-order valence-electron chi connectivity index (χ0n) is 61.4. The largest absolute Gasteiger partial charge is 0.466 e. The van der Waals surface area contributed by atoms with Crippen LogP contribution in [-0.4, -0.2) is 18.3 Å². The summed E-state index contributed by atoms with van der Waals surface area (Å²) < 4.78 is 19.5. The van der Waals surface area contributed by atoms with Crippen molar-refractivity contribution < 1.29 is 18.6 Å². The van der Waals surface area contributed by atoms with E-state index in [4.69, 9.17) is 13.8 Å². The fourth-order valence-electron chi connectivity index (χ4n) is 13.5. The number of esters is 1. The van der Waals surface area contributed by atoms with E-state index in [1.54, 1.807) is 0 Å². The Morgan fingerprint density at radius 3 is 0.802 bits per heavy atom. The molecule has 0 saturated heterocycles. The smallest absolute Gasteiger partial charge is 0.360 e. The number of para-hydroxylation sites is 2. The third-order valence-corrected chi connectivity index (χ3v) is 22.6. The first-order chi connectivity index (χ1) is 45.2. The fraction of sp³-hybridized carbons (Fsp3) is 0.847. The van der Waals surface area contributed by atoms with Crippen molar-refractivity contribution in [1.29, 1.82) is 0 Å².